The number of hydrogen-bond donors (Lipinski definition) is 4. The molecule has 0 bridgehead atoms. The number of nitrogens with two attached hydrogens (primary N) is 1. The van der Waals surface area contributed by atoms with E-state index in [-0.39, 0.29) is 12.4 Å². The highest BCUT2D eigenvalue weighted by Gasteiger charge is 2.22. The van der Waals surface area contributed by atoms with Crippen molar-refractivity contribution in [1.82, 2.24) is 30.5 Å². The third-order valence-electron chi connectivity index (χ3n) is 4.37. The van der Waals surface area contributed by atoms with Crippen LogP contribution in [-0.2, 0) is 6.61 Å². The summed E-state index contributed by atoms with van der Waals surface area (Å²) in [5.41, 5.74) is 8.79. The van der Waals surface area contributed by atoms with E-state index in [1.165, 1.54) is 0 Å². The second-order valence-electron chi connectivity index (χ2n) is 6.08. The molecular formula is C17H19N7O. The number of aliphatic hydroxyl groups excluding tert-OH is 1. The van der Waals surface area contributed by atoms with E-state index in [1.807, 2.05) is 24.3 Å². The van der Waals surface area contributed by atoms with Crippen molar-refractivity contribution in [3.05, 3.63) is 41.9 Å². The lowest BCUT2D eigenvalue weighted by molar-refractivity contribution is 0.282. The Balaban J connectivity index is 1.70. The number of nitrogens with one attached hydrogen (secondary N) is 2. The molecule has 0 saturated carbocycles. The standard InChI is InChI=1S/C17H19N7O/c18-15-14(17-22-16(23-24-17)12-4-5-19-7-12)21-13(8-20-15)11-3-1-2-10(6-11)9-25/h1-3,6,8,12,19,25H,4-5,7,9H2,(H2,18,20)(H,22,23,24). The summed E-state index contributed by atoms with van der Waals surface area (Å²) in [7, 11) is 0. The van der Waals surface area contributed by atoms with Crippen molar-refractivity contribution in [2.45, 2.75) is 18.9 Å². The first kappa shape index (κ1) is 15.7. The number of benzene rings is 1. The Kier molecular flexibility index (Phi) is 4.12. The first-order valence-electron chi connectivity index (χ1n) is 8.20. The SMILES string of the molecule is Nc1ncc(-c2cccc(CO)c2)nc1-c1n[nH]c(C2CCNC2)n1. The summed E-state index contributed by atoms with van der Waals surface area (Å²) in [5, 5.41) is 19.9. The van der Waals surface area contributed by atoms with Gasteiger partial charge in [0.25, 0.3) is 0 Å². The van der Waals surface area contributed by atoms with Crippen molar-refractivity contribution in [2.24, 2.45) is 0 Å². The van der Waals surface area contributed by atoms with Gasteiger partial charge in [-0.25, -0.2) is 15.0 Å². The number of hydrogen-bond acceptors (Lipinski definition) is 7. The van der Waals surface area contributed by atoms with Gasteiger partial charge in [-0.05, 0) is 24.6 Å². The molecule has 0 aliphatic carbocycles. The number of nitrogen functional groups attached to an aromatic ring is 1. The van der Waals surface area contributed by atoms with E-state index in [9.17, 15) is 5.11 Å². The molecule has 8 nitrogen and oxygen atoms in total. The number of aliphatic hydroxyl groups is 1. The van der Waals surface area contributed by atoms with Crippen molar-refractivity contribution in [1.29, 1.82) is 0 Å². The average Bonchev–Trinajstić information content (AvgIpc) is 3.33. The third kappa shape index (κ3) is 3.09. The Labute approximate surface area is 144 Å². The largest absolute Gasteiger partial charge is 0.392 e. The van der Waals surface area contributed by atoms with Crippen LogP contribution in [0.2, 0.25) is 0 Å². The van der Waals surface area contributed by atoms with Crippen LogP contribution in [0, 0.1) is 0 Å². The Morgan fingerprint density at radius 1 is 1.28 bits per heavy atom. The highest BCUT2D eigenvalue weighted by Crippen LogP contribution is 2.26. The maximum absolute atomic E-state index is 9.31. The minimum Gasteiger partial charge on any atom is -0.392 e. The van der Waals surface area contributed by atoms with Crippen LogP contribution < -0.4 is 11.1 Å². The van der Waals surface area contributed by atoms with Crippen molar-refractivity contribution >= 4 is 5.82 Å². The molecule has 1 atom stereocenters. The highest BCUT2D eigenvalue weighted by atomic mass is 16.3. The van der Waals surface area contributed by atoms with Gasteiger partial charge in [0.05, 0.1) is 18.5 Å². The summed E-state index contributed by atoms with van der Waals surface area (Å²) in [6, 6.07) is 7.51. The molecule has 8 heteroatoms. The number of H-pyrrole nitrogens is 1. The van der Waals surface area contributed by atoms with E-state index < -0.39 is 0 Å². The van der Waals surface area contributed by atoms with Crippen LogP contribution in [0.25, 0.3) is 22.8 Å². The topological polar surface area (TPSA) is 126 Å². The molecule has 1 aliphatic rings. The smallest absolute Gasteiger partial charge is 0.203 e. The molecule has 1 aromatic carbocycles. The number of anilines is 1. The van der Waals surface area contributed by atoms with Gasteiger partial charge < -0.3 is 16.2 Å². The third-order valence-corrected chi connectivity index (χ3v) is 4.37. The number of aromatic nitrogens is 5. The molecule has 1 fully saturated rings. The summed E-state index contributed by atoms with van der Waals surface area (Å²) >= 11 is 0. The van der Waals surface area contributed by atoms with Crippen LogP contribution >= 0.6 is 0 Å². The summed E-state index contributed by atoms with van der Waals surface area (Å²) in [5.74, 6) is 1.91. The number of rotatable bonds is 4. The molecule has 0 spiro atoms. The summed E-state index contributed by atoms with van der Waals surface area (Å²) < 4.78 is 0. The van der Waals surface area contributed by atoms with Crippen molar-refractivity contribution in [2.75, 3.05) is 18.8 Å². The van der Waals surface area contributed by atoms with Crippen LogP contribution in [-0.4, -0.2) is 43.3 Å². The van der Waals surface area contributed by atoms with Crippen LogP contribution in [0.3, 0.4) is 0 Å². The second kappa shape index (κ2) is 6.58. The first-order valence-corrected chi connectivity index (χ1v) is 8.20. The van der Waals surface area contributed by atoms with E-state index in [1.54, 1.807) is 6.20 Å². The van der Waals surface area contributed by atoms with Crippen LogP contribution in [0.1, 0.15) is 23.7 Å². The van der Waals surface area contributed by atoms with Gasteiger partial charge in [0.15, 0.2) is 11.5 Å². The molecule has 1 unspecified atom stereocenters. The molecule has 1 saturated heterocycles. The van der Waals surface area contributed by atoms with E-state index in [2.05, 4.69) is 30.5 Å². The number of nitrogens with zero attached hydrogens (tertiary/aromatic N) is 4. The lowest BCUT2D eigenvalue weighted by Gasteiger charge is -2.06. The monoisotopic (exact) mass is 337 g/mol. The van der Waals surface area contributed by atoms with Gasteiger partial charge in [-0.1, -0.05) is 18.2 Å². The van der Waals surface area contributed by atoms with Crippen LogP contribution in [0.4, 0.5) is 5.82 Å². The molecule has 3 heterocycles. The van der Waals surface area contributed by atoms with E-state index >= 15 is 0 Å². The predicted molar refractivity (Wildman–Crippen MR) is 93.4 cm³/mol. The molecule has 0 radical (unpaired) electrons. The van der Waals surface area contributed by atoms with Crippen LogP contribution in [0.15, 0.2) is 30.5 Å². The zero-order valence-corrected chi connectivity index (χ0v) is 13.6. The Morgan fingerprint density at radius 3 is 3.00 bits per heavy atom. The lowest BCUT2D eigenvalue weighted by Crippen LogP contribution is -2.08. The summed E-state index contributed by atoms with van der Waals surface area (Å²) in [6.07, 6.45) is 2.65. The zero-order chi connectivity index (χ0) is 17.2. The van der Waals surface area contributed by atoms with Crippen molar-refractivity contribution in [3.63, 3.8) is 0 Å². The van der Waals surface area contributed by atoms with Gasteiger partial charge in [0, 0.05) is 18.0 Å². The van der Waals surface area contributed by atoms with Gasteiger partial charge >= 0.3 is 0 Å². The van der Waals surface area contributed by atoms with Crippen molar-refractivity contribution < 1.29 is 5.11 Å². The molecule has 128 valence electrons. The maximum Gasteiger partial charge on any atom is 0.203 e. The van der Waals surface area contributed by atoms with Gasteiger partial charge in [-0.15, -0.1) is 0 Å². The summed E-state index contributed by atoms with van der Waals surface area (Å²) in [6.45, 7) is 1.85. The fourth-order valence-corrected chi connectivity index (χ4v) is 2.98. The summed E-state index contributed by atoms with van der Waals surface area (Å²) in [4.78, 5) is 13.4. The predicted octanol–water partition coefficient (Wildman–Crippen LogP) is 1.08. The minimum absolute atomic E-state index is 0.0250. The molecule has 3 aromatic rings. The molecular weight excluding hydrogens is 318 g/mol. The Hall–Kier alpha value is -2.84. The van der Waals surface area contributed by atoms with Crippen molar-refractivity contribution in [3.8, 4) is 22.8 Å². The molecule has 1 aliphatic heterocycles. The van der Waals surface area contributed by atoms with E-state index in [0.717, 1.165) is 36.5 Å². The zero-order valence-electron chi connectivity index (χ0n) is 13.6. The molecule has 2 aromatic heterocycles. The van der Waals surface area contributed by atoms with E-state index in [0.29, 0.717) is 23.1 Å². The molecule has 25 heavy (non-hydrogen) atoms. The number of aromatic amines is 1. The molecule has 0 amide bonds. The van der Waals surface area contributed by atoms with E-state index in [4.69, 9.17) is 5.73 Å². The highest BCUT2D eigenvalue weighted by molar-refractivity contribution is 5.69. The van der Waals surface area contributed by atoms with Gasteiger partial charge in [0.1, 0.15) is 5.82 Å². The second-order valence-corrected chi connectivity index (χ2v) is 6.08. The minimum atomic E-state index is -0.0250. The molecule has 4 rings (SSSR count). The fraction of sp³-hybridized carbons (Fsp3) is 0.294. The average molecular weight is 337 g/mol. The maximum atomic E-state index is 9.31. The molecule has 5 N–H and O–H groups in total. The van der Waals surface area contributed by atoms with Gasteiger partial charge in [0.2, 0.25) is 5.82 Å². The van der Waals surface area contributed by atoms with Gasteiger partial charge in [-0.3, -0.25) is 5.10 Å². The lowest BCUT2D eigenvalue weighted by atomic mass is 10.1. The Morgan fingerprint density at radius 2 is 2.20 bits per heavy atom. The van der Waals surface area contributed by atoms with Crippen LogP contribution in [0.5, 0.6) is 0 Å². The normalized spacial score (nSPS) is 17.1. The quantitative estimate of drug-likeness (QED) is 0.561. The first-order chi connectivity index (χ1) is 12.2. The fourth-order valence-electron chi connectivity index (χ4n) is 2.98. The Bertz CT molecular complexity index is 886. The van der Waals surface area contributed by atoms with Gasteiger partial charge in [-0.2, -0.15) is 5.10 Å².